The van der Waals surface area contributed by atoms with E-state index >= 15 is 0 Å². The summed E-state index contributed by atoms with van der Waals surface area (Å²) in [4.78, 5) is 0. The van der Waals surface area contributed by atoms with E-state index in [4.69, 9.17) is 11.5 Å². The molecule has 0 saturated carbocycles. The van der Waals surface area contributed by atoms with Crippen LogP contribution in [0.2, 0.25) is 0 Å². The Balaban J connectivity index is 2.26. The molecule has 0 saturated heterocycles. The maximum atomic E-state index is 5.83. The van der Waals surface area contributed by atoms with Gasteiger partial charge in [-0.1, -0.05) is 0 Å². The third-order valence-electron chi connectivity index (χ3n) is 2.68. The van der Waals surface area contributed by atoms with Gasteiger partial charge in [0.15, 0.2) is 0 Å². The van der Waals surface area contributed by atoms with Gasteiger partial charge in [0.1, 0.15) is 0 Å². The van der Waals surface area contributed by atoms with Gasteiger partial charge >= 0.3 is 104 Å². The number of nitrogens with zero attached hydrogens (tertiary/aromatic N) is 2. The number of hydrogen-bond acceptors (Lipinski definition) is 4. The summed E-state index contributed by atoms with van der Waals surface area (Å²) in [5.74, 6) is 0. The molecule has 3 aromatic rings. The van der Waals surface area contributed by atoms with Crippen molar-refractivity contribution in [2.24, 2.45) is 0 Å². The number of nitrogen functional groups attached to an aromatic ring is 2. The van der Waals surface area contributed by atoms with Crippen LogP contribution in [0, 0.1) is 0 Å². The topological polar surface area (TPSA) is 77.8 Å². The Labute approximate surface area is 104 Å². The van der Waals surface area contributed by atoms with Crippen molar-refractivity contribution >= 4 is 37.4 Å². The zero-order valence-electron chi connectivity index (χ0n) is 8.92. The number of benzene rings is 2. The van der Waals surface area contributed by atoms with Crippen molar-refractivity contribution in [3.8, 4) is 11.1 Å². The summed E-state index contributed by atoms with van der Waals surface area (Å²) in [5.41, 5.74) is 16.8. The molecule has 84 valence electrons. The van der Waals surface area contributed by atoms with Crippen LogP contribution in [0.1, 0.15) is 0 Å². The van der Waals surface area contributed by atoms with Gasteiger partial charge < -0.3 is 0 Å². The molecule has 0 aliphatic rings. The predicted molar refractivity (Wildman–Crippen MR) is 70.7 cm³/mol. The Morgan fingerprint density at radius 1 is 0.941 bits per heavy atom. The molecule has 0 aliphatic heterocycles. The van der Waals surface area contributed by atoms with Crippen LogP contribution in [-0.2, 0) is 0 Å². The Morgan fingerprint density at radius 2 is 1.82 bits per heavy atom. The third-order valence-corrected chi connectivity index (χ3v) is 3.82. The molecular weight excluding hydrogens is 279 g/mol. The normalized spacial score (nSPS) is 10.8. The molecule has 17 heavy (non-hydrogen) atoms. The monoisotopic (exact) mass is 290 g/mol. The van der Waals surface area contributed by atoms with Crippen LogP contribution >= 0.6 is 0 Å². The van der Waals surface area contributed by atoms with Crippen molar-refractivity contribution in [1.29, 1.82) is 0 Å². The van der Waals surface area contributed by atoms with Crippen molar-refractivity contribution in [2.45, 2.75) is 0 Å². The molecule has 2 aromatic carbocycles. The molecule has 5 heteroatoms. The number of aromatic nitrogens is 2. The minimum atomic E-state index is -0.0161. The van der Waals surface area contributed by atoms with Gasteiger partial charge in [-0.25, -0.2) is 0 Å². The van der Waals surface area contributed by atoms with E-state index in [1.54, 1.807) is 0 Å². The number of anilines is 2. The summed E-state index contributed by atoms with van der Waals surface area (Å²) in [6, 6.07) is 11.7. The fourth-order valence-electron chi connectivity index (χ4n) is 1.78. The molecule has 0 spiro atoms. The van der Waals surface area contributed by atoms with Crippen LogP contribution in [0.3, 0.4) is 0 Å². The Morgan fingerprint density at radius 3 is 2.65 bits per heavy atom. The van der Waals surface area contributed by atoms with Crippen molar-refractivity contribution in [3.63, 3.8) is 0 Å². The van der Waals surface area contributed by atoms with Gasteiger partial charge in [0.25, 0.3) is 0 Å². The van der Waals surface area contributed by atoms with Gasteiger partial charge in [0.2, 0.25) is 0 Å². The molecule has 0 fully saturated rings. The van der Waals surface area contributed by atoms with Gasteiger partial charge in [-0.15, -0.1) is 0 Å². The van der Waals surface area contributed by atoms with Gasteiger partial charge in [0, 0.05) is 0 Å². The zero-order chi connectivity index (χ0) is 11.8. The van der Waals surface area contributed by atoms with Crippen molar-refractivity contribution in [2.75, 3.05) is 11.5 Å². The molecule has 0 radical (unpaired) electrons. The molecule has 0 atom stereocenters. The summed E-state index contributed by atoms with van der Waals surface area (Å²) in [6.07, 6.45) is 0. The second-order valence-electron chi connectivity index (χ2n) is 3.78. The number of rotatable bonds is 1. The van der Waals surface area contributed by atoms with Gasteiger partial charge in [-0.2, -0.15) is 0 Å². The summed E-state index contributed by atoms with van der Waals surface area (Å²) < 4.78 is 8.82. The fraction of sp³-hybridized carbons (Fsp3) is 0. The molecule has 1 heterocycles. The van der Waals surface area contributed by atoms with Gasteiger partial charge in [-0.3, -0.25) is 0 Å². The molecule has 0 aliphatic carbocycles. The van der Waals surface area contributed by atoms with Crippen LogP contribution in [0.25, 0.3) is 22.2 Å². The third kappa shape index (κ3) is 1.69. The van der Waals surface area contributed by atoms with E-state index in [-0.39, 0.29) is 15.0 Å². The number of hydrogen-bond donors (Lipinski definition) is 2. The van der Waals surface area contributed by atoms with Crippen LogP contribution in [0.15, 0.2) is 36.4 Å². The Hall–Kier alpha value is -1.84. The van der Waals surface area contributed by atoms with Crippen LogP contribution in [0.5, 0.6) is 0 Å². The standard InChI is InChI=1S/C12H10N4Se/c13-9-5-4-7(6-10(9)14)8-2-1-3-11-12(8)16-17-15-11/h1-6H,13-14H2. The van der Waals surface area contributed by atoms with Crippen LogP contribution in [0.4, 0.5) is 11.4 Å². The first kappa shape index (κ1) is 10.3. The average molecular weight is 289 g/mol. The zero-order valence-corrected chi connectivity index (χ0v) is 10.6. The fourth-order valence-corrected chi connectivity index (χ4v) is 2.93. The minimum absolute atomic E-state index is 0.0161. The average Bonchev–Trinajstić information content (AvgIpc) is 2.80. The van der Waals surface area contributed by atoms with Crippen molar-refractivity contribution in [1.82, 2.24) is 7.96 Å². The molecule has 4 N–H and O–H groups in total. The van der Waals surface area contributed by atoms with E-state index in [9.17, 15) is 0 Å². The van der Waals surface area contributed by atoms with E-state index in [1.165, 1.54) is 0 Å². The molecule has 0 bridgehead atoms. The van der Waals surface area contributed by atoms with E-state index in [0.717, 1.165) is 22.2 Å². The first-order chi connectivity index (χ1) is 8.25. The van der Waals surface area contributed by atoms with Crippen LogP contribution < -0.4 is 11.5 Å². The summed E-state index contributed by atoms with van der Waals surface area (Å²) in [5, 5.41) is 0. The van der Waals surface area contributed by atoms with Crippen molar-refractivity contribution < 1.29 is 0 Å². The Kier molecular flexibility index (Phi) is 2.35. The quantitative estimate of drug-likeness (QED) is 0.526. The van der Waals surface area contributed by atoms with Crippen LogP contribution in [-0.4, -0.2) is 22.9 Å². The van der Waals surface area contributed by atoms with Crippen molar-refractivity contribution in [3.05, 3.63) is 36.4 Å². The Bertz CT molecular complexity index is 690. The van der Waals surface area contributed by atoms with Gasteiger partial charge in [0.05, 0.1) is 0 Å². The summed E-state index contributed by atoms with van der Waals surface area (Å²) in [6.45, 7) is 0. The summed E-state index contributed by atoms with van der Waals surface area (Å²) >= 11 is -0.0161. The molecule has 1 aromatic heterocycles. The molecule has 0 amide bonds. The number of nitrogens with two attached hydrogens (primary N) is 2. The van der Waals surface area contributed by atoms with E-state index in [0.29, 0.717) is 11.4 Å². The molecule has 4 nitrogen and oxygen atoms in total. The number of fused-ring (bicyclic) bond motifs is 1. The molecule has 3 rings (SSSR count). The SMILES string of the molecule is Nc1ccc(-c2cccc3n[se]nc23)cc1N. The van der Waals surface area contributed by atoms with Gasteiger partial charge in [-0.05, 0) is 0 Å². The molecule has 0 unspecified atom stereocenters. The second-order valence-corrected chi connectivity index (χ2v) is 4.89. The second kappa shape index (κ2) is 3.87. The van der Waals surface area contributed by atoms with E-state index < -0.39 is 0 Å². The summed E-state index contributed by atoms with van der Waals surface area (Å²) in [7, 11) is 0. The molecular formula is C12H10N4Se. The van der Waals surface area contributed by atoms with E-state index in [1.807, 2.05) is 36.4 Å². The predicted octanol–water partition coefficient (Wildman–Crippen LogP) is 1.52. The first-order valence-electron chi connectivity index (χ1n) is 5.12. The first-order valence-corrected chi connectivity index (χ1v) is 6.65. The van der Waals surface area contributed by atoms with E-state index in [2.05, 4.69) is 7.96 Å². The maximum absolute atomic E-state index is 5.83.